The average molecular weight is 413 g/mol. The first kappa shape index (κ1) is 19.6. The quantitative estimate of drug-likeness (QED) is 0.648. The predicted molar refractivity (Wildman–Crippen MR) is 102 cm³/mol. The van der Waals surface area contributed by atoms with Crippen LogP contribution >= 0.6 is 0 Å². The van der Waals surface area contributed by atoms with Crippen LogP contribution in [0.15, 0.2) is 9.59 Å². The molecule has 2 aliphatic rings. The van der Waals surface area contributed by atoms with Crippen LogP contribution in [-0.2, 0) is 0 Å². The van der Waals surface area contributed by atoms with Crippen LogP contribution in [0.2, 0.25) is 0 Å². The highest BCUT2D eigenvalue weighted by Gasteiger charge is 2.51. The van der Waals surface area contributed by atoms with Crippen LogP contribution in [0, 0.1) is 11.7 Å². The smallest absolute Gasteiger partial charge is 0.329 e. The number of rotatable bonds is 4. The zero-order chi connectivity index (χ0) is 21.2. The largest absolute Gasteiger partial charge is 0.492 e. The maximum absolute atomic E-state index is 15.3. The molecule has 1 aromatic heterocycles. The summed E-state index contributed by atoms with van der Waals surface area (Å²) in [4.78, 5) is 28.1. The monoisotopic (exact) mass is 413 g/mol. The molecule has 2 aromatic rings. The fourth-order valence-electron chi connectivity index (χ4n) is 4.16. The fourth-order valence-corrected chi connectivity index (χ4v) is 4.16. The molecule has 1 aliphatic heterocycles. The number of ether oxygens (including phenoxy) is 1. The van der Waals surface area contributed by atoms with Crippen LogP contribution in [0.1, 0.15) is 25.8 Å². The number of nitrogen functional groups attached to an aromatic ring is 1. The van der Waals surface area contributed by atoms with E-state index in [0.29, 0.717) is 12.8 Å². The first-order valence-corrected chi connectivity index (χ1v) is 9.30. The van der Waals surface area contributed by atoms with E-state index in [9.17, 15) is 18.4 Å². The summed E-state index contributed by atoms with van der Waals surface area (Å²) >= 11 is 0. The molecule has 0 bridgehead atoms. The van der Waals surface area contributed by atoms with Crippen LogP contribution in [0.25, 0.3) is 10.9 Å². The third kappa shape index (κ3) is 2.86. The van der Waals surface area contributed by atoms with Crippen molar-refractivity contribution < 1.29 is 17.9 Å². The summed E-state index contributed by atoms with van der Waals surface area (Å²) in [5, 5.41) is -0.232. The van der Waals surface area contributed by atoms with Gasteiger partial charge >= 0.3 is 5.69 Å². The number of H-pyrrole nitrogens is 1. The lowest BCUT2D eigenvalue weighted by molar-refractivity contribution is -0.0273. The second-order valence-corrected chi connectivity index (χ2v) is 7.80. The van der Waals surface area contributed by atoms with Gasteiger partial charge in [-0.15, -0.1) is 0 Å². The summed E-state index contributed by atoms with van der Waals surface area (Å²) in [6.07, 6.45) is 1.37. The lowest BCUT2D eigenvalue weighted by atomic mass is 9.98. The van der Waals surface area contributed by atoms with Crippen LogP contribution in [0.4, 0.5) is 24.5 Å². The average Bonchev–Trinajstić information content (AvgIpc) is 3.40. The number of methoxy groups -OCH3 is 1. The molecule has 1 saturated heterocycles. The van der Waals surface area contributed by atoms with Crippen LogP contribution in [0.3, 0.4) is 0 Å². The van der Waals surface area contributed by atoms with E-state index < -0.39 is 47.2 Å². The molecule has 1 saturated carbocycles. The third-order valence-corrected chi connectivity index (χ3v) is 5.72. The molecular weight excluding hydrogens is 391 g/mol. The van der Waals surface area contributed by atoms with Crippen LogP contribution in [0.5, 0.6) is 5.75 Å². The molecule has 0 amide bonds. The zero-order valence-electron chi connectivity index (χ0n) is 16.0. The van der Waals surface area contributed by atoms with Crippen molar-refractivity contribution in [2.75, 3.05) is 30.8 Å². The van der Waals surface area contributed by atoms with Gasteiger partial charge in [0.2, 0.25) is 0 Å². The van der Waals surface area contributed by atoms with E-state index in [0.717, 1.165) is 4.90 Å². The first-order valence-electron chi connectivity index (χ1n) is 9.30. The van der Waals surface area contributed by atoms with Gasteiger partial charge in [-0.3, -0.25) is 14.3 Å². The van der Waals surface area contributed by atoms with E-state index in [-0.39, 0.29) is 34.9 Å². The number of alkyl halides is 2. The molecule has 5 N–H and O–H groups in total. The number of anilines is 2. The molecule has 2 fully saturated rings. The maximum atomic E-state index is 15.3. The predicted octanol–water partition coefficient (Wildman–Crippen LogP) is 1.17. The normalized spacial score (nSPS) is 22.3. The Labute approximate surface area is 163 Å². The first-order chi connectivity index (χ1) is 13.6. The number of hydrogen-bond donors (Lipinski definition) is 3. The molecule has 4 rings (SSSR count). The molecule has 8 nitrogen and oxygen atoms in total. The van der Waals surface area contributed by atoms with Gasteiger partial charge in [-0.2, -0.15) is 0 Å². The molecule has 1 aliphatic carbocycles. The summed E-state index contributed by atoms with van der Waals surface area (Å²) in [6, 6.07) is -1.03. The maximum Gasteiger partial charge on any atom is 0.329 e. The van der Waals surface area contributed by atoms with Gasteiger partial charge in [-0.25, -0.2) is 18.0 Å². The van der Waals surface area contributed by atoms with E-state index >= 15 is 4.39 Å². The second-order valence-electron chi connectivity index (χ2n) is 7.80. The number of hydrogen-bond acceptors (Lipinski definition) is 6. The Morgan fingerprint density at radius 2 is 1.97 bits per heavy atom. The highest BCUT2D eigenvalue weighted by Crippen LogP contribution is 2.47. The van der Waals surface area contributed by atoms with E-state index in [1.165, 1.54) is 18.6 Å². The molecular formula is C18H22F3N5O3. The van der Waals surface area contributed by atoms with Gasteiger partial charge in [0, 0.05) is 18.6 Å². The van der Waals surface area contributed by atoms with Crippen molar-refractivity contribution in [1.82, 2.24) is 9.55 Å². The van der Waals surface area contributed by atoms with Gasteiger partial charge in [0.1, 0.15) is 11.2 Å². The number of nitrogens with two attached hydrogens (primary N) is 2. The Kier molecular flexibility index (Phi) is 4.34. The van der Waals surface area contributed by atoms with Crippen molar-refractivity contribution in [2.24, 2.45) is 11.7 Å². The fraction of sp³-hybridized carbons (Fsp3) is 0.556. The van der Waals surface area contributed by atoms with Gasteiger partial charge in [-0.1, -0.05) is 0 Å². The molecule has 11 heteroatoms. The van der Waals surface area contributed by atoms with Crippen LogP contribution < -0.4 is 32.4 Å². The summed E-state index contributed by atoms with van der Waals surface area (Å²) in [5.74, 6) is -5.56. The lowest BCUT2D eigenvalue weighted by Gasteiger charge is -2.25. The number of aromatic amines is 1. The minimum absolute atomic E-state index is 0.0187. The number of nitrogens with zero attached hydrogens (tertiary/aromatic N) is 2. The Morgan fingerprint density at radius 1 is 1.31 bits per heavy atom. The molecule has 0 radical (unpaired) electrons. The summed E-state index contributed by atoms with van der Waals surface area (Å²) in [5.41, 5.74) is 9.29. The molecule has 2 heterocycles. The van der Waals surface area contributed by atoms with E-state index in [1.807, 2.05) is 0 Å². The number of aromatic nitrogens is 2. The van der Waals surface area contributed by atoms with Crippen molar-refractivity contribution in [3.63, 3.8) is 0 Å². The van der Waals surface area contributed by atoms with Gasteiger partial charge in [0.25, 0.3) is 11.5 Å². The Morgan fingerprint density at radius 3 is 2.48 bits per heavy atom. The van der Waals surface area contributed by atoms with Crippen molar-refractivity contribution in [3.05, 3.63) is 26.7 Å². The number of nitrogens with one attached hydrogen (secondary N) is 1. The minimum atomic E-state index is -3.15. The highest BCUT2D eigenvalue weighted by atomic mass is 19.3. The Balaban J connectivity index is 2.04. The zero-order valence-corrected chi connectivity index (χ0v) is 16.0. The summed E-state index contributed by atoms with van der Waals surface area (Å²) in [7, 11) is 1.23. The minimum Gasteiger partial charge on any atom is -0.492 e. The highest BCUT2D eigenvalue weighted by molar-refractivity contribution is 5.99. The number of benzene rings is 1. The third-order valence-electron chi connectivity index (χ3n) is 5.72. The van der Waals surface area contributed by atoms with E-state index in [4.69, 9.17) is 16.2 Å². The van der Waals surface area contributed by atoms with Crippen molar-refractivity contribution in [1.29, 1.82) is 0 Å². The van der Waals surface area contributed by atoms with Crippen LogP contribution in [-0.4, -0.2) is 41.7 Å². The van der Waals surface area contributed by atoms with E-state index in [2.05, 4.69) is 4.98 Å². The van der Waals surface area contributed by atoms with Crippen molar-refractivity contribution >= 4 is 22.3 Å². The molecule has 2 unspecified atom stereocenters. The van der Waals surface area contributed by atoms with Gasteiger partial charge < -0.3 is 21.1 Å². The standard InChI is InChI=1S/C18H22F3N5O3/c1-7(22)9-5-25(6-18(9,20)21)14-11(19)12(23)10-13(15(14)29-2)26(8-3-4-8)17(28)24-16(10)27/h7-9H,3-6,22-23H2,1-2H3,(H,24,27,28). The number of fused-ring (bicyclic) bond motifs is 1. The van der Waals surface area contributed by atoms with Gasteiger partial charge in [0.05, 0.1) is 30.6 Å². The van der Waals surface area contributed by atoms with Crippen molar-refractivity contribution in [2.45, 2.75) is 37.8 Å². The lowest BCUT2D eigenvalue weighted by Crippen LogP contribution is -2.39. The molecule has 2 atom stereocenters. The molecule has 158 valence electrons. The Bertz CT molecular complexity index is 1110. The molecule has 1 aromatic carbocycles. The SMILES string of the molecule is COc1c(N2CC(C(C)N)C(F)(F)C2)c(F)c(N)c2c(=O)[nH]c(=O)n(C3CC3)c12. The topological polar surface area (TPSA) is 119 Å². The number of halogens is 3. The van der Waals surface area contributed by atoms with Gasteiger partial charge in [-0.05, 0) is 19.8 Å². The second kappa shape index (κ2) is 6.41. The summed E-state index contributed by atoms with van der Waals surface area (Å²) < 4.78 is 50.9. The Hall–Kier alpha value is -2.69. The molecule has 29 heavy (non-hydrogen) atoms. The van der Waals surface area contributed by atoms with Gasteiger partial charge in [0.15, 0.2) is 11.6 Å². The van der Waals surface area contributed by atoms with E-state index in [1.54, 1.807) is 0 Å². The summed E-state index contributed by atoms with van der Waals surface area (Å²) in [6.45, 7) is 0.461. The van der Waals surface area contributed by atoms with Crippen molar-refractivity contribution in [3.8, 4) is 5.75 Å². The molecule has 0 spiro atoms.